The second kappa shape index (κ2) is 8.84. The average Bonchev–Trinajstić information content (AvgIpc) is 1.69. The van der Waals surface area contributed by atoms with E-state index in [0.717, 1.165) is 25.9 Å². The lowest BCUT2D eigenvalue weighted by atomic mass is 10.1. The first-order valence-corrected chi connectivity index (χ1v) is 2.62. The molecule has 0 aromatic carbocycles. The molecule has 1 aliphatic rings. The van der Waals surface area contributed by atoms with E-state index in [4.69, 9.17) is 0 Å². The molecule has 4 nitrogen and oxygen atoms in total. The molecule has 0 atom stereocenters. The van der Waals surface area contributed by atoms with Gasteiger partial charge in [-0.1, -0.05) is 0 Å². The van der Waals surface area contributed by atoms with E-state index < -0.39 is 0 Å². The Morgan fingerprint density at radius 3 is 1.80 bits per heavy atom. The van der Waals surface area contributed by atoms with Crippen LogP contribution in [0.1, 0.15) is 12.8 Å². The summed E-state index contributed by atoms with van der Waals surface area (Å²) in [4.78, 5) is 10.4. The third-order valence-corrected chi connectivity index (χ3v) is 1.16. The van der Waals surface area contributed by atoms with Crippen molar-refractivity contribution in [3.05, 3.63) is 0 Å². The molecule has 0 aliphatic carbocycles. The smallest absolute Gasteiger partial charge is 0.135 e. The number of carbonyl (C=O) groups is 1. The Hall–Kier alpha value is -0.160. The topological polar surface area (TPSA) is 95.6 Å². The molecule has 1 heterocycles. The van der Waals surface area contributed by atoms with Gasteiger partial charge in [-0.3, -0.25) is 4.79 Å². The minimum Gasteiger partial charge on any atom is -0.412 e. The molecule has 0 bridgehead atoms. The number of hydrogen-bond donors (Lipinski definition) is 2. The van der Waals surface area contributed by atoms with Gasteiger partial charge < -0.3 is 16.9 Å². The summed E-state index contributed by atoms with van der Waals surface area (Å²) in [6.07, 6.45) is 1.47. The van der Waals surface area contributed by atoms with E-state index in [-0.39, 0.29) is 24.0 Å². The van der Waals surface area contributed by atoms with Crippen LogP contribution in [0.25, 0.3) is 0 Å². The third kappa shape index (κ3) is 5.97. The van der Waals surface area contributed by atoms with Crippen LogP contribution in [0.3, 0.4) is 0 Å². The fourth-order valence-corrected chi connectivity index (χ4v) is 0.706. The molecular formula is C5H15ClN2O2. The molecule has 0 unspecified atom stereocenters. The fraction of sp³-hybridized carbons (Fsp3) is 0.800. The van der Waals surface area contributed by atoms with Crippen LogP contribution in [0.4, 0.5) is 0 Å². The minimum atomic E-state index is 0. The second-order valence-corrected chi connectivity index (χ2v) is 1.79. The summed E-state index contributed by atoms with van der Waals surface area (Å²) in [5, 5.41) is 3.09. The molecule has 1 aliphatic heterocycles. The van der Waals surface area contributed by atoms with Gasteiger partial charge in [0.1, 0.15) is 5.78 Å². The van der Waals surface area contributed by atoms with Crippen LogP contribution in [0.5, 0.6) is 0 Å². The molecule has 5 heteroatoms. The fourth-order valence-electron chi connectivity index (χ4n) is 0.706. The van der Waals surface area contributed by atoms with Crippen LogP contribution in [-0.2, 0) is 4.79 Å². The SMILES string of the molecule is Cl.N.O.O=C1CCNCC1. The van der Waals surface area contributed by atoms with Crippen LogP contribution < -0.4 is 11.5 Å². The largest absolute Gasteiger partial charge is 0.412 e. The highest BCUT2D eigenvalue weighted by Crippen LogP contribution is 1.91. The summed E-state index contributed by atoms with van der Waals surface area (Å²) in [7, 11) is 0. The quantitative estimate of drug-likeness (QED) is 0.523. The van der Waals surface area contributed by atoms with Crippen molar-refractivity contribution in [2.75, 3.05) is 13.1 Å². The first kappa shape index (κ1) is 16.4. The monoisotopic (exact) mass is 170 g/mol. The van der Waals surface area contributed by atoms with Gasteiger partial charge in [-0.05, 0) is 0 Å². The maximum atomic E-state index is 10.4. The van der Waals surface area contributed by atoms with Gasteiger partial charge in [0.25, 0.3) is 0 Å². The van der Waals surface area contributed by atoms with Crippen molar-refractivity contribution in [2.24, 2.45) is 0 Å². The first-order valence-electron chi connectivity index (χ1n) is 2.62. The average molecular weight is 171 g/mol. The van der Waals surface area contributed by atoms with Crippen LogP contribution in [0, 0.1) is 0 Å². The zero-order chi connectivity index (χ0) is 5.11. The molecular weight excluding hydrogens is 156 g/mol. The van der Waals surface area contributed by atoms with E-state index in [1.54, 1.807) is 0 Å². The highest BCUT2D eigenvalue weighted by Gasteiger charge is 2.04. The van der Waals surface area contributed by atoms with Gasteiger partial charge in [-0.25, -0.2) is 0 Å². The van der Waals surface area contributed by atoms with Crippen LogP contribution in [0.2, 0.25) is 0 Å². The summed E-state index contributed by atoms with van der Waals surface area (Å²) >= 11 is 0. The molecule has 1 saturated heterocycles. The predicted octanol–water partition coefficient (Wildman–Crippen LogP) is -0.302. The van der Waals surface area contributed by atoms with Crippen LogP contribution in [0.15, 0.2) is 0 Å². The molecule has 6 N–H and O–H groups in total. The van der Waals surface area contributed by atoms with Crippen molar-refractivity contribution in [3.63, 3.8) is 0 Å². The highest BCUT2D eigenvalue weighted by atomic mass is 35.5. The summed E-state index contributed by atoms with van der Waals surface area (Å²) in [6, 6.07) is 0. The molecule has 1 rings (SSSR count). The molecule has 0 aromatic heterocycles. The van der Waals surface area contributed by atoms with Gasteiger partial charge in [0, 0.05) is 25.9 Å². The standard InChI is InChI=1S/C5H9NO.ClH.H3N.H2O/c7-5-1-3-6-4-2-5;;;/h6H,1-4H2;1H;1H3;1H2. The molecule has 0 amide bonds. The van der Waals surface area contributed by atoms with Crippen molar-refractivity contribution >= 4 is 18.2 Å². The minimum absolute atomic E-state index is 0. The molecule has 0 radical (unpaired) electrons. The number of Topliss-reactive ketones (excluding diaryl/α,β-unsaturated/α-hetero) is 1. The van der Waals surface area contributed by atoms with Crippen molar-refractivity contribution in [3.8, 4) is 0 Å². The van der Waals surface area contributed by atoms with Gasteiger partial charge in [0.05, 0.1) is 0 Å². The lowest BCUT2D eigenvalue weighted by Crippen LogP contribution is -2.27. The number of rotatable bonds is 0. The van der Waals surface area contributed by atoms with Crippen LogP contribution in [-0.4, -0.2) is 24.3 Å². The van der Waals surface area contributed by atoms with E-state index in [1.807, 2.05) is 0 Å². The number of piperidine rings is 1. The third-order valence-electron chi connectivity index (χ3n) is 1.16. The zero-order valence-electron chi connectivity index (χ0n) is 5.85. The Balaban J connectivity index is -0.000000163. The van der Waals surface area contributed by atoms with Crippen molar-refractivity contribution < 1.29 is 10.3 Å². The van der Waals surface area contributed by atoms with Crippen molar-refractivity contribution in [1.82, 2.24) is 11.5 Å². The molecule has 0 aromatic rings. The highest BCUT2D eigenvalue weighted by molar-refractivity contribution is 5.85. The Morgan fingerprint density at radius 2 is 1.60 bits per heavy atom. The number of ketones is 1. The summed E-state index contributed by atoms with van der Waals surface area (Å²) in [6.45, 7) is 1.78. The van der Waals surface area contributed by atoms with Gasteiger partial charge in [-0.15, -0.1) is 12.4 Å². The maximum Gasteiger partial charge on any atom is 0.135 e. The normalized spacial score (nSPS) is 15.8. The number of halogens is 1. The summed E-state index contributed by atoms with van der Waals surface area (Å²) in [5.74, 6) is 0.402. The second-order valence-electron chi connectivity index (χ2n) is 1.79. The first-order chi connectivity index (χ1) is 3.39. The van der Waals surface area contributed by atoms with E-state index >= 15 is 0 Å². The number of hydrogen-bond acceptors (Lipinski definition) is 3. The Labute approximate surface area is 66.7 Å². The molecule has 0 spiro atoms. The number of nitrogens with one attached hydrogen (secondary N) is 1. The molecule has 0 saturated carbocycles. The van der Waals surface area contributed by atoms with Gasteiger partial charge >= 0.3 is 0 Å². The summed E-state index contributed by atoms with van der Waals surface area (Å²) < 4.78 is 0. The van der Waals surface area contributed by atoms with Gasteiger partial charge in [0.15, 0.2) is 0 Å². The van der Waals surface area contributed by atoms with Crippen molar-refractivity contribution in [2.45, 2.75) is 12.8 Å². The predicted molar refractivity (Wildman–Crippen MR) is 43.0 cm³/mol. The Morgan fingerprint density at radius 1 is 1.20 bits per heavy atom. The Bertz CT molecular complexity index is 81.7. The van der Waals surface area contributed by atoms with Crippen molar-refractivity contribution in [1.29, 1.82) is 0 Å². The van der Waals surface area contributed by atoms with E-state index in [1.165, 1.54) is 0 Å². The molecule has 10 heavy (non-hydrogen) atoms. The Kier molecular flexibility index (Phi) is 14.5. The van der Waals surface area contributed by atoms with Crippen LogP contribution >= 0.6 is 12.4 Å². The maximum absolute atomic E-state index is 10.4. The lowest BCUT2D eigenvalue weighted by Gasteiger charge is -2.08. The molecule has 64 valence electrons. The van der Waals surface area contributed by atoms with Gasteiger partial charge in [0.2, 0.25) is 0 Å². The van der Waals surface area contributed by atoms with E-state index in [9.17, 15) is 4.79 Å². The molecule has 1 fully saturated rings. The summed E-state index contributed by atoms with van der Waals surface area (Å²) in [5.41, 5.74) is 0. The van der Waals surface area contributed by atoms with E-state index in [2.05, 4.69) is 5.32 Å². The van der Waals surface area contributed by atoms with Gasteiger partial charge in [-0.2, -0.15) is 0 Å². The zero-order valence-corrected chi connectivity index (χ0v) is 6.67. The number of carbonyl (C=O) groups excluding carboxylic acids is 1. The lowest BCUT2D eigenvalue weighted by molar-refractivity contribution is -0.119. The van der Waals surface area contributed by atoms with E-state index in [0.29, 0.717) is 5.78 Å².